The fourth-order valence-corrected chi connectivity index (χ4v) is 2.86. The molecule has 0 aromatic heterocycles. The third kappa shape index (κ3) is 7.55. The van der Waals surface area contributed by atoms with E-state index in [9.17, 15) is 4.79 Å². The molecule has 0 saturated carbocycles. The smallest absolute Gasteiger partial charge is 0.312 e. The molecule has 2 amide bonds. The maximum atomic E-state index is 10.7. The van der Waals surface area contributed by atoms with Crippen molar-refractivity contribution in [1.82, 2.24) is 5.32 Å². The van der Waals surface area contributed by atoms with Gasteiger partial charge in [-0.2, -0.15) is 0 Å². The van der Waals surface area contributed by atoms with Crippen LogP contribution in [-0.4, -0.2) is 12.6 Å². The van der Waals surface area contributed by atoms with Crippen molar-refractivity contribution in [3.8, 4) is 0 Å². The first-order chi connectivity index (χ1) is 7.04. The Morgan fingerprint density at radius 1 is 1.19 bits per heavy atom. The summed E-state index contributed by atoms with van der Waals surface area (Å²) in [5.41, 5.74) is 5.49. The molecule has 0 heterocycles. The number of hydrogen-bond acceptors (Lipinski definition) is 1. The molecule has 16 heavy (non-hydrogen) atoms. The van der Waals surface area contributed by atoms with Crippen LogP contribution in [0.25, 0.3) is 0 Å². The largest absolute Gasteiger partial charge is 0.352 e. The van der Waals surface area contributed by atoms with Crippen LogP contribution < -0.4 is 11.1 Å². The number of amides is 2. The summed E-state index contributed by atoms with van der Waals surface area (Å²) in [5, 5.41) is 2.70. The Bertz CT molecular complexity index is 232. The number of primary amides is 1. The standard InChI is InChI=1S/C13H28N2O/c1-10(2)7-12(3,4)8-13(5,6)9-15-11(14)16/h10H,7-9H2,1-6H3,(H3,14,15,16). The van der Waals surface area contributed by atoms with Gasteiger partial charge in [-0.15, -0.1) is 0 Å². The molecule has 0 rings (SSSR count). The maximum Gasteiger partial charge on any atom is 0.312 e. The third-order valence-corrected chi connectivity index (χ3v) is 2.66. The van der Waals surface area contributed by atoms with Crippen LogP contribution in [0.4, 0.5) is 4.79 Å². The SMILES string of the molecule is CC(C)CC(C)(C)CC(C)(C)CNC(N)=O. The molecule has 3 N–H and O–H groups in total. The first kappa shape index (κ1) is 15.3. The van der Waals surface area contributed by atoms with Gasteiger partial charge in [-0.3, -0.25) is 0 Å². The summed E-state index contributed by atoms with van der Waals surface area (Å²) in [7, 11) is 0. The number of nitrogens with two attached hydrogens (primary N) is 1. The fourth-order valence-electron chi connectivity index (χ4n) is 2.86. The minimum absolute atomic E-state index is 0.0907. The second kappa shape index (κ2) is 5.55. The van der Waals surface area contributed by atoms with E-state index in [1.54, 1.807) is 0 Å². The Morgan fingerprint density at radius 3 is 2.06 bits per heavy atom. The van der Waals surface area contributed by atoms with Crippen LogP contribution in [0.5, 0.6) is 0 Å². The zero-order valence-electron chi connectivity index (χ0n) is 11.7. The molecule has 0 aromatic rings. The molecule has 0 unspecified atom stereocenters. The quantitative estimate of drug-likeness (QED) is 0.721. The van der Waals surface area contributed by atoms with Crippen molar-refractivity contribution >= 4 is 6.03 Å². The van der Waals surface area contributed by atoms with Crippen molar-refractivity contribution in [1.29, 1.82) is 0 Å². The molecule has 3 heteroatoms. The molecule has 0 saturated heterocycles. The topological polar surface area (TPSA) is 55.1 Å². The number of carbonyl (C=O) groups is 1. The number of hydrogen-bond donors (Lipinski definition) is 2. The molecular weight excluding hydrogens is 200 g/mol. The molecule has 0 atom stereocenters. The van der Waals surface area contributed by atoms with E-state index in [2.05, 4.69) is 46.9 Å². The summed E-state index contributed by atoms with van der Waals surface area (Å²) >= 11 is 0. The molecule has 0 radical (unpaired) electrons. The normalized spacial score (nSPS) is 12.9. The molecule has 3 nitrogen and oxygen atoms in total. The molecule has 0 aromatic carbocycles. The molecule has 0 aliphatic carbocycles. The van der Waals surface area contributed by atoms with Gasteiger partial charge in [-0.05, 0) is 29.6 Å². The van der Waals surface area contributed by atoms with Gasteiger partial charge in [-0.25, -0.2) is 4.79 Å². The number of nitrogens with one attached hydrogen (secondary N) is 1. The van der Waals surface area contributed by atoms with Crippen LogP contribution in [0.3, 0.4) is 0 Å². The Hall–Kier alpha value is -0.730. The van der Waals surface area contributed by atoms with Crippen molar-refractivity contribution in [2.75, 3.05) is 6.54 Å². The first-order valence-corrected chi connectivity index (χ1v) is 6.07. The van der Waals surface area contributed by atoms with E-state index in [0.717, 1.165) is 6.42 Å². The van der Waals surface area contributed by atoms with Crippen LogP contribution in [0.1, 0.15) is 54.4 Å². The highest BCUT2D eigenvalue weighted by Crippen LogP contribution is 2.37. The second-order valence-electron chi connectivity index (χ2n) is 6.82. The average molecular weight is 228 g/mol. The zero-order chi connectivity index (χ0) is 13.0. The molecule has 96 valence electrons. The van der Waals surface area contributed by atoms with Crippen LogP contribution in [-0.2, 0) is 0 Å². The van der Waals surface area contributed by atoms with Crippen molar-refractivity contribution in [3.05, 3.63) is 0 Å². The van der Waals surface area contributed by atoms with Gasteiger partial charge >= 0.3 is 6.03 Å². The fraction of sp³-hybridized carbons (Fsp3) is 0.923. The highest BCUT2D eigenvalue weighted by molar-refractivity contribution is 5.71. The monoisotopic (exact) mass is 228 g/mol. The molecular formula is C13H28N2O. The van der Waals surface area contributed by atoms with Gasteiger partial charge in [0.1, 0.15) is 0 Å². The van der Waals surface area contributed by atoms with E-state index in [0.29, 0.717) is 17.9 Å². The predicted molar refractivity (Wildman–Crippen MR) is 69.2 cm³/mol. The zero-order valence-corrected chi connectivity index (χ0v) is 11.7. The predicted octanol–water partition coefficient (Wildman–Crippen LogP) is 3.14. The molecule has 0 fully saturated rings. The maximum absolute atomic E-state index is 10.7. The van der Waals surface area contributed by atoms with Crippen molar-refractivity contribution in [2.24, 2.45) is 22.5 Å². The van der Waals surface area contributed by atoms with Crippen molar-refractivity contribution in [2.45, 2.75) is 54.4 Å². The molecule has 0 bridgehead atoms. The Kier molecular flexibility index (Phi) is 5.30. The van der Waals surface area contributed by atoms with Gasteiger partial charge in [-0.1, -0.05) is 41.5 Å². The minimum atomic E-state index is -0.435. The molecule has 0 spiro atoms. The van der Waals surface area contributed by atoms with Gasteiger partial charge in [0.2, 0.25) is 0 Å². The lowest BCUT2D eigenvalue weighted by Gasteiger charge is -2.36. The Morgan fingerprint density at radius 2 is 1.69 bits per heavy atom. The number of carbonyl (C=O) groups excluding carboxylic acids is 1. The highest BCUT2D eigenvalue weighted by Gasteiger charge is 2.29. The van der Waals surface area contributed by atoms with Gasteiger partial charge in [0.25, 0.3) is 0 Å². The summed E-state index contributed by atoms with van der Waals surface area (Å²) < 4.78 is 0. The lowest BCUT2D eigenvalue weighted by atomic mass is 9.71. The highest BCUT2D eigenvalue weighted by atomic mass is 16.2. The number of rotatable bonds is 6. The van der Waals surface area contributed by atoms with E-state index in [1.165, 1.54) is 6.42 Å². The van der Waals surface area contributed by atoms with E-state index in [1.807, 2.05) is 0 Å². The van der Waals surface area contributed by atoms with Crippen LogP contribution in [0, 0.1) is 16.7 Å². The third-order valence-electron chi connectivity index (χ3n) is 2.66. The van der Waals surface area contributed by atoms with E-state index in [4.69, 9.17) is 5.73 Å². The van der Waals surface area contributed by atoms with Gasteiger partial charge < -0.3 is 11.1 Å². The average Bonchev–Trinajstić information content (AvgIpc) is 1.95. The van der Waals surface area contributed by atoms with Crippen molar-refractivity contribution < 1.29 is 4.79 Å². The summed E-state index contributed by atoms with van der Waals surface area (Å²) in [6.07, 6.45) is 2.28. The molecule has 0 aliphatic heterocycles. The van der Waals surface area contributed by atoms with E-state index in [-0.39, 0.29) is 5.41 Å². The second-order valence-corrected chi connectivity index (χ2v) is 6.82. The van der Waals surface area contributed by atoms with Gasteiger partial charge in [0.15, 0.2) is 0 Å². The van der Waals surface area contributed by atoms with E-state index >= 15 is 0 Å². The minimum Gasteiger partial charge on any atom is -0.352 e. The summed E-state index contributed by atoms with van der Waals surface area (Å²) in [5.74, 6) is 0.704. The number of urea groups is 1. The Balaban J connectivity index is 4.27. The summed E-state index contributed by atoms with van der Waals surface area (Å²) in [6.45, 7) is 14.1. The van der Waals surface area contributed by atoms with Crippen LogP contribution >= 0.6 is 0 Å². The van der Waals surface area contributed by atoms with Gasteiger partial charge in [0, 0.05) is 6.54 Å². The van der Waals surface area contributed by atoms with E-state index < -0.39 is 6.03 Å². The summed E-state index contributed by atoms with van der Waals surface area (Å²) in [6, 6.07) is -0.435. The lowest BCUT2D eigenvalue weighted by molar-refractivity contribution is 0.162. The van der Waals surface area contributed by atoms with Crippen LogP contribution in [0.15, 0.2) is 0 Å². The van der Waals surface area contributed by atoms with Gasteiger partial charge in [0.05, 0.1) is 0 Å². The molecule has 0 aliphatic rings. The summed E-state index contributed by atoms with van der Waals surface area (Å²) in [4.78, 5) is 10.7. The first-order valence-electron chi connectivity index (χ1n) is 6.07. The lowest BCUT2D eigenvalue weighted by Crippen LogP contribution is -2.39. The van der Waals surface area contributed by atoms with Crippen molar-refractivity contribution in [3.63, 3.8) is 0 Å². The Labute approximate surface area is 100 Å². The van der Waals surface area contributed by atoms with Crippen LogP contribution in [0.2, 0.25) is 0 Å².